The van der Waals surface area contributed by atoms with Crippen molar-refractivity contribution < 1.29 is 5.11 Å². The Bertz CT molecular complexity index is 411. The Morgan fingerprint density at radius 3 is 2.74 bits per heavy atom. The number of aliphatic hydroxyl groups is 1. The summed E-state index contributed by atoms with van der Waals surface area (Å²) in [5.41, 5.74) is 0. The van der Waals surface area contributed by atoms with E-state index in [2.05, 4.69) is 32.1 Å². The molecule has 2 heterocycles. The molecule has 1 saturated heterocycles. The highest BCUT2D eigenvalue weighted by atomic mass is 35.5. The van der Waals surface area contributed by atoms with Gasteiger partial charge in [-0.3, -0.25) is 0 Å². The normalized spacial score (nSPS) is 16.7. The number of anilines is 2. The Kier molecular flexibility index (Phi) is 5.15. The van der Waals surface area contributed by atoms with Crippen LogP contribution in [0.25, 0.3) is 0 Å². The van der Waals surface area contributed by atoms with Crippen molar-refractivity contribution in [2.24, 2.45) is 5.92 Å². The molecular formula is C12H20ClN5O. The number of nitrogens with one attached hydrogen (secondary N) is 1. The van der Waals surface area contributed by atoms with Crippen LogP contribution in [-0.2, 0) is 0 Å². The average Bonchev–Trinajstić information content (AvgIpc) is 2.90. The molecule has 106 valence electrons. The van der Waals surface area contributed by atoms with Gasteiger partial charge in [0, 0.05) is 26.2 Å². The SMILES string of the molecule is CC(CCO)CNc1nc(Cl)nc(N2CCCC2)n1. The van der Waals surface area contributed by atoms with Crippen LogP contribution in [-0.4, -0.2) is 46.3 Å². The highest BCUT2D eigenvalue weighted by molar-refractivity contribution is 6.28. The van der Waals surface area contributed by atoms with E-state index in [1.165, 1.54) is 12.8 Å². The summed E-state index contributed by atoms with van der Waals surface area (Å²) in [5.74, 6) is 1.51. The van der Waals surface area contributed by atoms with Gasteiger partial charge in [0.1, 0.15) is 0 Å². The lowest BCUT2D eigenvalue weighted by Crippen LogP contribution is -2.22. The van der Waals surface area contributed by atoms with Gasteiger partial charge in [-0.2, -0.15) is 15.0 Å². The molecule has 0 amide bonds. The number of hydrogen-bond acceptors (Lipinski definition) is 6. The second-order valence-electron chi connectivity index (χ2n) is 4.92. The van der Waals surface area contributed by atoms with Crippen LogP contribution < -0.4 is 10.2 Å². The number of aliphatic hydroxyl groups excluding tert-OH is 1. The molecule has 0 aromatic carbocycles. The van der Waals surface area contributed by atoms with Gasteiger partial charge < -0.3 is 15.3 Å². The molecule has 1 fully saturated rings. The average molecular weight is 286 g/mol. The van der Waals surface area contributed by atoms with Crippen LogP contribution in [0.2, 0.25) is 5.28 Å². The maximum Gasteiger partial charge on any atom is 0.231 e. The van der Waals surface area contributed by atoms with Crippen molar-refractivity contribution in [2.45, 2.75) is 26.2 Å². The molecule has 1 unspecified atom stereocenters. The van der Waals surface area contributed by atoms with Gasteiger partial charge in [-0.25, -0.2) is 0 Å². The highest BCUT2D eigenvalue weighted by Crippen LogP contribution is 2.18. The molecule has 0 radical (unpaired) electrons. The zero-order valence-electron chi connectivity index (χ0n) is 11.1. The van der Waals surface area contributed by atoms with E-state index in [9.17, 15) is 0 Å². The Hall–Kier alpha value is -1.14. The van der Waals surface area contributed by atoms with Gasteiger partial charge in [-0.05, 0) is 36.8 Å². The van der Waals surface area contributed by atoms with Crippen molar-refractivity contribution in [1.82, 2.24) is 15.0 Å². The summed E-state index contributed by atoms with van der Waals surface area (Å²) in [6.45, 7) is 4.91. The van der Waals surface area contributed by atoms with E-state index in [0.29, 0.717) is 24.4 Å². The number of rotatable bonds is 6. The molecule has 0 aliphatic carbocycles. The molecule has 2 N–H and O–H groups in total. The monoisotopic (exact) mass is 285 g/mol. The predicted molar refractivity (Wildman–Crippen MR) is 75.6 cm³/mol. The molecule has 2 rings (SSSR count). The zero-order chi connectivity index (χ0) is 13.7. The fourth-order valence-corrected chi connectivity index (χ4v) is 2.22. The van der Waals surface area contributed by atoms with Gasteiger partial charge in [-0.1, -0.05) is 6.92 Å². The third-order valence-electron chi connectivity index (χ3n) is 3.22. The van der Waals surface area contributed by atoms with Crippen molar-refractivity contribution in [3.8, 4) is 0 Å². The lowest BCUT2D eigenvalue weighted by Gasteiger charge is -2.16. The van der Waals surface area contributed by atoms with Crippen molar-refractivity contribution in [1.29, 1.82) is 0 Å². The Labute approximate surface area is 118 Å². The van der Waals surface area contributed by atoms with Crippen LogP contribution in [0.1, 0.15) is 26.2 Å². The number of hydrogen-bond donors (Lipinski definition) is 2. The molecular weight excluding hydrogens is 266 g/mol. The molecule has 1 aromatic heterocycles. The minimum Gasteiger partial charge on any atom is -0.396 e. The topological polar surface area (TPSA) is 74.2 Å². The number of nitrogens with zero attached hydrogens (tertiary/aromatic N) is 4. The second kappa shape index (κ2) is 6.86. The van der Waals surface area contributed by atoms with Gasteiger partial charge in [0.05, 0.1) is 0 Å². The first kappa shape index (κ1) is 14.3. The van der Waals surface area contributed by atoms with Crippen molar-refractivity contribution >= 4 is 23.5 Å². The maximum atomic E-state index is 8.87. The van der Waals surface area contributed by atoms with Gasteiger partial charge >= 0.3 is 0 Å². The first-order chi connectivity index (χ1) is 9.19. The molecule has 7 heteroatoms. The summed E-state index contributed by atoms with van der Waals surface area (Å²) in [4.78, 5) is 14.8. The van der Waals surface area contributed by atoms with Gasteiger partial charge in [0.15, 0.2) is 0 Å². The van der Waals surface area contributed by atoms with E-state index < -0.39 is 0 Å². The predicted octanol–water partition coefficient (Wildman–Crippen LogP) is 1.56. The van der Waals surface area contributed by atoms with E-state index >= 15 is 0 Å². The molecule has 0 bridgehead atoms. The highest BCUT2D eigenvalue weighted by Gasteiger charge is 2.17. The lowest BCUT2D eigenvalue weighted by atomic mass is 10.1. The largest absolute Gasteiger partial charge is 0.396 e. The maximum absolute atomic E-state index is 8.87. The zero-order valence-corrected chi connectivity index (χ0v) is 11.9. The fourth-order valence-electron chi connectivity index (χ4n) is 2.07. The van der Waals surface area contributed by atoms with Crippen LogP contribution >= 0.6 is 11.6 Å². The van der Waals surface area contributed by atoms with Gasteiger partial charge in [0.2, 0.25) is 17.2 Å². The summed E-state index contributed by atoms with van der Waals surface area (Å²) in [5, 5.41) is 12.2. The third kappa shape index (κ3) is 4.18. The molecule has 0 spiro atoms. The summed E-state index contributed by atoms with van der Waals surface area (Å²) in [6, 6.07) is 0. The fraction of sp³-hybridized carbons (Fsp3) is 0.750. The van der Waals surface area contributed by atoms with E-state index in [1.807, 2.05) is 0 Å². The summed E-state index contributed by atoms with van der Waals surface area (Å²) in [6.07, 6.45) is 3.09. The smallest absolute Gasteiger partial charge is 0.231 e. The van der Waals surface area contributed by atoms with Crippen LogP contribution in [0.4, 0.5) is 11.9 Å². The van der Waals surface area contributed by atoms with Gasteiger partial charge in [0.25, 0.3) is 0 Å². The third-order valence-corrected chi connectivity index (χ3v) is 3.38. The van der Waals surface area contributed by atoms with Crippen LogP contribution in [0.3, 0.4) is 0 Å². The number of halogens is 1. The Morgan fingerprint density at radius 2 is 2.05 bits per heavy atom. The Balaban J connectivity index is 2.00. The minimum absolute atomic E-state index is 0.194. The molecule has 1 aromatic rings. The van der Waals surface area contributed by atoms with E-state index in [0.717, 1.165) is 19.5 Å². The summed E-state index contributed by atoms with van der Waals surface area (Å²) >= 11 is 5.94. The molecule has 6 nitrogen and oxygen atoms in total. The van der Waals surface area contributed by atoms with Crippen molar-refractivity contribution in [3.05, 3.63) is 5.28 Å². The quantitative estimate of drug-likeness (QED) is 0.826. The van der Waals surface area contributed by atoms with Gasteiger partial charge in [-0.15, -0.1) is 0 Å². The first-order valence-electron chi connectivity index (χ1n) is 6.70. The summed E-state index contributed by atoms with van der Waals surface area (Å²) in [7, 11) is 0. The summed E-state index contributed by atoms with van der Waals surface area (Å²) < 4.78 is 0. The van der Waals surface area contributed by atoms with E-state index in [1.54, 1.807) is 0 Å². The minimum atomic E-state index is 0.194. The molecule has 19 heavy (non-hydrogen) atoms. The van der Waals surface area contributed by atoms with Crippen molar-refractivity contribution in [2.75, 3.05) is 36.5 Å². The van der Waals surface area contributed by atoms with Crippen LogP contribution in [0, 0.1) is 5.92 Å². The molecule has 1 aliphatic rings. The molecule has 0 saturated carbocycles. The van der Waals surface area contributed by atoms with Crippen LogP contribution in [0.15, 0.2) is 0 Å². The lowest BCUT2D eigenvalue weighted by molar-refractivity contribution is 0.265. The first-order valence-corrected chi connectivity index (χ1v) is 7.08. The molecule has 1 atom stereocenters. The molecule has 1 aliphatic heterocycles. The number of aromatic nitrogens is 3. The van der Waals surface area contributed by atoms with E-state index in [4.69, 9.17) is 16.7 Å². The van der Waals surface area contributed by atoms with Crippen LogP contribution in [0.5, 0.6) is 0 Å². The van der Waals surface area contributed by atoms with E-state index in [-0.39, 0.29) is 11.9 Å². The second-order valence-corrected chi connectivity index (χ2v) is 5.26. The van der Waals surface area contributed by atoms with Crippen molar-refractivity contribution in [3.63, 3.8) is 0 Å². The standard InChI is InChI=1S/C12H20ClN5O/c1-9(4-7-19)8-14-11-15-10(13)16-12(17-11)18-5-2-3-6-18/h9,19H,2-8H2,1H3,(H,14,15,16,17). The Morgan fingerprint density at radius 1 is 1.32 bits per heavy atom.